The highest BCUT2D eigenvalue weighted by molar-refractivity contribution is 7.90. The summed E-state index contributed by atoms with van der Waals surface area (Å²) in [6, 6.07) is 20.4. The molecule has 11 nitrogen and oxygen atoms in total. The van der Waals surface area contributed by atoms with E-state index in [9.17, 15) is 18.0 Å². The minimum Gasteiger partial charge on any atom is -0.465 e. The van der Waals surface area contributed by atoms with E-state index >= 15 is 0 Å². The molecule has 0 bridgehead atoms. The van der Waals surface area contributed by atoms with Crippen LogP contribution in [-0.4, -0.2) is 33.1 Å². The molecule has 0 fully saturated rings. The van der Waals surface area contributed by atoms with E-state index in [0.29, 0.717) is 33.4 Å². The fraction of sp³-hybridized carbons (Fsp3) is 0.100. The molecular weight excluding hydrogens is 560 g/mol. The summed E-state index contributed by atoms with van der Waals surface area (Å²) in [4.78, 5) is 29.0. The van der Waals surface area contributed by atoms with Crippen LogP contribution in [0, 0.1) is 6.92 Å². The molecular formula is C30H24N4O7S. The molecule has 0 radical (unpaired) electrons. The van der Waals surface area contributed by atoms with Crippen molar-refractivity contribution in [3.63, 3.8) is 0 Å². The van der Waals surface area contributed by atoms with Crippen LogP contribution in [-0.2, 0) is 23.6 Å². The Balaban J connectivity index is 1.59. The number of nitrogens with zero attached hydrogens (tertiary/aromatic N) is 3. The second-order valence-corrected chi connectivity index (χ2v) is 11.4. The number of carboxylic acid groups (broad SMARTS) is 1. The molecule has 3 heterocycles. The number of oxazole rings is 1. The second-order valence-electron chi connectivity index (χ2n) is 9.62. The number of aryl methyl sites for hydroxylation is 2. The van der Waals surface area contributed by atoms with Crippen molar-refractivity contribution in [1.29, 1.82) is 0 Å². The van der Waals surface area contributed by atoms with Gasteiger partial charge in [-0.15, -0.1) is 0 Å². The van der Waals surface area contributed by atoms with Crippen molar-refractivity contribution in [1.82, 2.24) is 18.8 Å². The molecule has 0 unspecified atom stereocenters. The van der Waals surface area contributed by atoms with Crippen LogP contribution >= 0.6 is 0 Å². The van der Waals surface area contributed by atoms with Crippen molar-refractivity contribution in [2.75, 3.05) is 0 Å². The Morgan fingerprint density at radius 2 is 1.76 bits per heavy atom. The minimum atomic E-state index is -4.09. The van der Waals surface area contributed by atoms with Crippen LogP contribution in [0.3, 0.4) is 0 Å². The highest BCUT2D eigenvalue weighted by Gasteiger charge is 2.25. The zero-order valence-corrected chi connectivity index (χ0v) is 23.3. The molecule has 0 atom stereocenters. The molecule has 2 N–H and O–H groups in total. The minimum absolute atomic E-state index is 0.0205. The van der Waals surface area contributed by atoms with E-state index in [4.69, 9.17) is 14.3 Å². The van der Waals surface area contributed by atoms with Gasteiger partial charge in [0.1, 0.15) is 11.3 Å². The van der Waals surface area contributed by atoms with Crippen LogP contribution in [0.5, 0.6) is 11.5 Å². The van der Waals surface area contributed by atoms with Gasteiger partial charge >= 0.3 is 6.09 Å². The molecule has 42 heavy (non-hydrogen) atoms. The first-order chi connectivity index (χ1) is 20.1. The Hall–Kier alpha value is -5.36. The average molecular weight is 585 g/mol. The van der Waals surface area contributed by atoms with Crippen LogP contribution in [0.15, 0.2) is 99.3 Å². The van der Waals surface area contributed by atoms with E-state index in [0.717, 1.165) is 9.54 Å². The molecule has 12 heteroatoms. The highest BCUT2D eigenvalue weighted by atomic mass is 32.2. The van der Waals surface area contributed by atoms with Crippen LogP contribution in [0.4, 0.5) is 4.79 Å². The number of hydrogen-bond acceptors (Lipinski definition) is 7. The Labute approximate surface area is 239 Å². The van der Waals surface area contributed by atoms with E-state index in [1.54, 1.807) is 67.8 Å². The molecule has 212 valence electrons. The van der Waals surface area contributed by atoms with Crippen molar-refractivity contribution in [2.45, 2.75) is 18.4 Å². The van der Waals surface area contributed by atoms with E-state index in [2.05, 4.69) is 10.3 Å². The van der Waals surface area contributed by atoms with E-state index in [1.807, 2.05) is 13.0 Å². The topological polar surface area (TPSA) is 146 Å². The lowest BCUT2D eigenvalue weighted by Gasteiger charge is -2.14. The molecule has 0 spiro atoms. The third kappa shape index (κ3) is 4.67. The summed E-state index contributed by atoms with van der Waals surface area (Å²) in [7, 11) is -2.55. The summed E-state index contributed by atoms with van der Waals surface area (Å²) < 4.78 is 41.7. The lowest BCUT2D eigenvalue weighted by molar-refractivity contribution is 0.193. The number of ether oxygens (including phenoxy) is 1. The number of benzene rings is 3. The Morgan fingerprint density at radius 3 is 2.48 bits per heavy atom. The van der Waals surface area contributed by atoms with Gasteiger partial charge in [-0.2, -0.15) is 0 Å². The van der Waals surface area contributed by atoms with E-state index in [1.165, 1.54) is 22.9 Å². The van der Waals surface area contributed by atoms with E-state index in [-0.39, 0.29) is 28.6 Å². The maximum absolute atomic E-state index is 13.6. The first-order valence-corrected chi connectivity index (χ1v) is 14.2. The molecule has 0 aliphatic carbocycles. The normalized spacial score (nSPS) is 11.7. The summed E-state index contributed by atoms with van der Waals surface area (Å²) in [6.45, 7) is 1.70. The second kappa shape index (κ2) is 10.2. The zero-order chi connectivity index (χ0) is 29.6. The van der Waals surface area contributed by atoms with Gasteiger partial charge in [0, 0.05) is 36.0 Å². The Morgan fingerprint density at radius 1 is 1.02 bits per heavy atom. The standard InChI is InChI=1S/C30H24N4O7S/c1-18-8-10-20(11-9-18)42(38,39)34-15-14-21-23(17-33(2)29(35)27(21)34)22-12-13-24-26(32-25(41-24)16-31-30(36)37)28(22)40-19-6-4-3-5-7-19/h3-15,17,31H,16H2,1-2H3,(H,36,37). The summed E-state index contributed by atoms with van der Waals surface area (Å²) in [5.41, 5.74) is 2.10. The lowest BCUT2D eigenvalue weighted by atomic mass is 10.0. The molecule has 0 aliphatic heterocycles. The average Bonchev–Trinajstić information content (AvgIpc) is 3.61. The van der Waals surface area contributed by atoms with Crippen molar-refractivity contribution < 1.29 is 27.5 Å². The number of pyridine rings is 1. The number of nitrogens with one attached hydrogen (secondary N) is 1. The van der Waals surface area contributed by atoms with Crippen molar-refractivity contribution in [3.8, 4) is 22.6 Å². The number of fused-ring (bicyclic) bond motifs is 2. The monoisotopic (exact) mass is 584 g/mol. The Kier molecular flexibility index (Phi) is 6.54. The van der Waals surface area contributed by atoms with Crippen LogP contribution in [0.1, 0.15) is 11.5 Å². The van der Waals surface area contributed by atoms with Gasteiger partial charge < -0.3 is 24.1 Å². The predicted octanol–water partition coefficient (Wildman–Crippen LogP) is 5.25. The third-order valence-electron chi connectivity index (χ3n) is 6.77. The van der Waals surface area contributed by atoms with Gasteiger partial charge in [0.15, 0.2) is 16.8 Å². The largest absolute Gasteiger partial charge is 0.465 e. The van der Waals surface area contributed by atoms with Crippen molar-refractivity contribution >= 4 is 38.1 Å². The SMILES string of the molecule is Cc1ccc(S(=O)(=O)n2ccc3c(-c4ccc5oc(CNC(=O)O)nc5c4Oc4ccccc4)cn(C)c(=O)c32)cc1. The summed E-state index contributed by atoms with van der Waals surface area (Å²) in [6.07, 6.45) is 1.75. The van der Waals surface area contributed by atoms with Gasteiger partial charge in [-0.25, -0.2) is 22.2 Å². The first-order valence-electron chi connectivity index (χ1n) is 12.8. The van der Waals surface area contributed by atoms with Crippen molar-refractivity contribution in [3.05, 3.63) is 107 Å². The number of carbonyl (C=O) groups is 1. The summed E-state index contributed by atoms with van der Waals surface area (Å²) in [5.74, 6) is 0.918. The predicted molar refractivity (Wildman–Crippen MR) is 155 cm³/mol. The fourth-order valence-corrected chi connectivity index (χ4v) is 6.08. The van der Waals surface area contributed by atoms with Crippen LogP contribution in [0.2, 0.25) is 0 Å². The van der Waals surface area contributed by atoms with Gasteiger partial charge in [0.2, 0.25) is 5.89 Å². The van der Waals surface area contributed by atoms with Gasteiger partial charge in [0.25, 0.3) is 15.6 Å². The fourth-order valence-electron chi connectivity index (χ4n) is 4.73. The highest BCUT2D eigenvalue weighted by Crippen LogP contribution is 2.42. The van der Waals surface area contributed by atoms with Crippen molar-refractivity contribution in [2.24, 2.45) is 7.05 Å². The molecule has 3 aromatic carbocycles. The number of amides is 1. The zero-order valence-electron chi connectivity index (χ0n) is 22.4. The molecule has 0 aliphatic rings. The molecule has 6 rings (SSSR count). The van der Waals surface area contributed by atoms with Gasteiger partial charge in [0.05, 0.1) is 11.4 Å². The molecule has 0 saturated heterocycles. The number of rotatable bonds is 7. The number of aromatic nitrogens is 3. The van der Waals surface area contributed by atoms with Crippen LogP contribution < -0.4 is 15.6 Å². The van der Waals surface area contributed by atoms with Gasteiger partial charge in [-0.1, -0.05) is 35.9 Å². The smallest absolute Gasteiger partial charge is 0.405 e. The Bertz CT molecular complexity index is 2150. The first kappa shape index (κ1) is 26.8. The molecule has 3 aromatic heterocycles. The van der Waals surface area contributed by atoms with Gasteiger partial charge in [-0.3, -0.25) is 4.79 Å². The molecule has 1 amide bonds. The van der Waals surface area contributed by atoms with Gasteiger partial charge in [-0.05, 0) is 49.4 Å². The van der Waals surface area contributed by atoms with E-state index < -0.39 is 21.7 Å². The number of para-hydroxylation sites is 1. The summed E-state index contributed by atoms with van der Waals surface area (Å²) in [5, 5.41) is 11.6. The summed E-state index contributed by atoms with van der Waals surface area (Å²) >= 11 is 0. The van der Waals surface area contributed by atoms with Crippen LogP contribution in [0.25, 0.3) is 33.1 Å². The third-order valence-corrected chi connectivity index (χ3v) is 8.46. The quantitative estimate of drug-likeness (QED) is 0.259. The molecule has 0 saturated carbocycles. The maximum Gasteiger partial charge on any atom is 0.405 e. The molecule has 6 aromatic rings. The number of hydrogen-bond donors (Lipinski definition) is 2. The maximum atomic E-state index is 13.6. The lowest BCUT2D eigenvalue weighted by Crippen LogP contribution is -2.22.